The fourth-order valence-electron chi connectivity index (χ4n) is 2.05. The topological polar surface area (TPSA) is 116 Å². The van der Waals surface area contributed by atoms with E-state index in [1.807, 2.05) is 0 Å². The molecule has 2 aromatic rings. The molecular weight excluding hydrogens is 344 g/mol. The molecule has 0 fully saturated rings. The van der Waals surface area contributed by atoms with Gasteiger partial charge in [-0.25, -0.2) is 4.79 Å². The number of hydroxylamine groups is 1. The summed E-state index contributed by atoms with van der Waals surface area (Å²) in [5, 5.41) is 9.71. The van der Waals surface area contributed by atoms with E-state index in [1.54, 1.807) is 25.1 Å². The van der Waals surface area contributed by atoms with Gasteiger partial charge < -0.3 is 18.9 Å². The molecule has 0 bridgehead atoms. The van der Waals surface area contributed by atoms with Crippen LogP contribution in [0.25, 0.3) is 0 Å². The Kier molecular flexibility index (Phi) is 5.89. The largest absolute Gasteiger partial charge is 0.467 e. The number of carbonyl (C=O) groups excluding carboxylic acids is 1. The number of hydrogen-bond acceptors (Lipinski definition) is 9. The van der Waals surface area contributed by atoms with Crippen molar-refractivity contribution in [1.29, 1.82) is 0 Å². The molecule has 0 saturated heterocycles. The van der Waals surface area contributed by atoms with E-state index in [0.717, 1.165) is 4.74 Å². The van der Waals surface area contributed by atoms with Crippen molar-refractivity contribution in [1.82, 2.24) is 15.0 Å². The summed E-state index contributed by atoms with van der Waals surface area (Å²) in [7, 11) is 5.45. The minimum atomic E-state index is -0.648. The van der Waals surface area contributed by atoms with Gasteiger partial charge in [0.1, 0.15) is 11.3 Å². The van der Waals surface area contributed by atoms with Crippen LogP contribution in [0.2, 0.25) is 0 Å². The Balaban J connectivity index is 2.58. The van der Waals surface area contributed by atoms with E-state index in [1.165, 1.54) is 28.4 Å². The van der Waals surface area contributed by atoms with Gasteiger partial charge in [-0.05, 0) is 16.9 Å². The zero-order valence-corrected chi connectivity index (χ0v) is 15.0. The molecule has 0 radical (unpaired) electrons. The first kappa shape index (κ1) is 18.9. The van der Waals surface area contributed by atoms with Crippen LogP contribution in [0.1, 0.15) is 22.8 Å². The van der Waals surface area contributed by atoms with Crippen molar-refractivity contribution in [3.8, 4) is 23.8 Å². The van der Waals surface area contributed by atoms with Crippen molar-refractivity contribution in [2.24, 2.45) is 0 Å². The molecule has 1 N–H and O–H groups in total. The van der Waals surface area contributed by atoms with Crippen LogP contribution in [0.15, 0.2) is 18.2 Å². The van der Waals surface area contributed by atoms with Gasteiger partial charge in [0, 0.05) is 6.92 Å². The first-order valence-corrected chi connectivity index (χ1v) is 7.41. The number of esters is 1. The van der Waals surface area contributed by atoms with E-state index in [2.05, 4.69) is 15.0 Å². The van der Waals surface area contributed by atoms with Crippen LogP contribution in [-0.4, -0.2) is 65.0 Å². The highest BCUT2D eigenvalue weighted by molar-refractivity contribution is 6.07. The van der Waals surface area contributed by atoms with E-state index in [4.69, 9.17) is 18.9 Å². The third-order valence-corrected chi connectivity index (χ3v) is 3.43. The number of nitrogens with zero attached hydrogens (tertiary/aromatic N) is 4. The normalized spacial score (nSPS) is 11.4. The van der Waals surface area contributed by atoms with Crippen molar-refractivity contribution in [3.63, 3.8) is 0 Å². The van der Waals surface area contributed by atoms with Gasteiger partial charge in [-0.15, -0.1) is 15.0 Å². The fourth-order valence-corrected chi connectivity index (χ4v) is 2.05. The number of carbonyl (C=O) groups is 1. The highest BCUT2D eigenvalue weighted by Crippen LogP contribution is 2.28. The smallest absolute Gasteiger partial charge is 0.342 e. The molecule has 10 heteroatoms. The van der Waals surface area contributed by atoms with Gasteiger partial charge in [0.2, 0.25) is 5.71 Å². The second-order valence-corrected chi connectivity index (χ2v) is 4.97. The lowest BCUT2D eigenvalue weighted by Gasteiger charge is -2.12. The molecule has 0 atom stereocenters. The fraction of sp³-hybridized carbons (Fsp3) is 0.312. The summed E-state index contributed by atoms with van der Waals surface area (Å²) in [6, 6.07) is 4.69. The van der Waals surface area contributed by atoms with Gasteiger partial charge >= 0.3 is 24.0 Å². The van der Waals surface area contributed by atoms with Crippen molar-refractivity contribution >= 4 is 11.7 Å². The second-order valence-electron chi connectivity index (χ2n) is 4.97. The zero-order chi connectivity index (χ0) is 19.3. The lowest BCUT2D eigenvalue weighted by Crippen LogP contribution is -2.17. The molecule has 138 valence electrons. The van der Waals surface area contributed by atoms with Crippen LogP contribution in [0.3, 0.4) is 0 Å². The highest BCUT2D eigenvalue weighted by atomic mass is 16.5. The molecule has 0 amide bonds. The lowest BCUT2D eigenvalue weighted by atomic mass is 10.0. The number of benzene rings is 1. The Morgan fingerprint density at radius 1 is 1.04 bits per heavy atom. The molecule has 10 nitrogen and oxygen atoms in total. The minimum absolute atomic E-state index is 0.0135. The Hall–Kier alpha value is -3.43. The molecule has 0 spiro atoms. The average Bonchev–Trinajstić information content (AvgIpc) is 2.66. The van der Waals surface area contributed by atoms with E-state index in [9.17, 15) is 10.0 Å². The number of hydrogen-bond donors (Lipinski definition) is 1. The lowest BCUT2D eigenvalue weighted by molar-refractivity contribution is -0.754. The van der Waals surface area contributed by atoms with Crippen LogP contribution in [0.5, 0.6) is 23.8 Å². The van der Waals surface area contributed by atoms with Crippen LogP contribution < -0.4 is 14.2 Å². The predicted molar refractivity (Wildman–Crippen MR) is 88.5 cm³/mol. The monoisotopic (exact) mass is 363 g/mol. The van der Waals surface area contributed by atoms with Gasteiger partial charge in [-0.2, -0.15) is 0 Å². The van der Waals surface area contributed by atoms with Crippen molar-refractivity contribution in [3.05, 3.63) is 29.3 Å². The van der Waals surface area contributed by atoms with E-state index in [-0.39, 0.29) is 29.3 Å². The van der Waals surface area contributed by atoms with Crippen LogP contribution in [0.4, 0.5) is 0 Å². The zero-order valence-electron chi connectivity index (χ0n) is 15.0. The summed E-state index contributed by atoms with van der Waals surface area (Å²) in [6.45, 7) is 1.64. The summed E-state index contributed by atoms with van der Waals surface area (Å²) >= 11 is 0. The molecule has 0 aliphatic heterocycles. The molecular formula is C16H19N4O6+. The van der Waals surface area contributed by atoms with Gasteiger partial charge in [-0.3, -0.25) is 5.21 Å². The molecule has 1 aromatic carbocycles. The van der Waals surface area contributed by atoms with Crippen molar-refractivity contribution in [2.45, 2.75) is 6.92 Å². The van der Waals surface area contributed by atoms with E-state index >= 15 is 0 Å². The van der Waals surface area contributed by atoms with E-state index in [0.29, 0.717) is 11.3 Å². The van der Waals surface area contributed by atoms with Gasteiger partial charge in [0.25, 0.3) is 0 Å². The molecule has 0 aliphatic rings. The summed E-state index contributed by atoms with van der Waals surface area (Å²) in [5.41, 5.74) is 0.945. The number of rotatable bonds is 6. The standard InChI is InChI=1S/C16H19N4O6/c1-9(20(2)22)10-7-6-8-11(12(10)13(21)23-3)26-16-18-14(24-4)17-15(19-16)25-5/h6-8,22H,1-5H3/q+1. The Bertz CT molecular complexity index is 826. The van der Waals surface area contributed by atoms with Crippen molar-refractivity contribution < 1.29 is 33.7 Å². The molecule has 1 heterocycles. The van der Waals surface area contributed by atoms with Crippen molar-refractivity contribution in [2.75, 3.05) is 28.4 Å². The Morgan fingerprint density at radius 3 is 2.12 bits per heavy atom. The molecule has 1 aromatic heterocycles. The first-order valence-electron chi connectivity index (χ1n) is 7.41. The average molecular weight is 363 g/mol. The summed E-state index contributed by atoms with van der Waals surface area (Å²) < 4.78 is 21.3. The highest BCUT2D eigenvalue weighted by Gasteiger charge is 2.25. The Labute approximate surface area is 149 Å². The summed E-state index contributed by atoms with van der Waals surface area (Å²) in [4.78, 5) is 24.1. The summed E-state index contributed by atoms with van der Waals surface area (Å²) in [5.74, 6) is -0.518. The maximum atomic E-state index is 12.3. The van der Waals surface area contributed by atoms with Crippen LogP contribution in [0, 0.1) is 0 Å². The van der Waals surface area contributed by atoms with E-state index < -0.39 is 5.97 Å². The molecule has 26 heavy (non-hydrogen) atoms. The maximum Gasteiger partial charge on any atom is 0.342 e. The van der Waals surface area contributed by atoms with Gasteiger partial charge in [-0.1, -0.05) is 6.07 Å². The predicted octanol–water partition coefficient (Wildman–Crippen LogP) is 1.31. The van der Waals surface area contributed by atoms with Crippen LogP contribution >= 0.6 is 0 Å². The SMILES string of the molecule is COC(=O)c1c(Oc2nc(OC)nc(OC)n2)cccc1C(C)=[N+](C)O. The third-order valence-electron chi connectivity index (χ3n) is 3.43. The van der Waals surface area contributed by atoms with Gasteiger partial charge in [0.05, 0.1) is 26.9 Å². The number of aromatic nitrogens is 3. The first-order chi connectivity index (χ1) is 12.4. The van der Waals surface area contributed by atoms with Gasteiger partial charge in [0.15, 0.2) is 7.05 Å². The molecule has 0 unspecified atom stereocenters. The molecule has 0 aliphatic carbocycles. The molecule has 2 rings (SSSR count). The minimum Gasteiger partial charge on any atom is -0.467 e. The van der Waals surface area contributed by atoms with Crippen LogP contribution in [-0.2, 0) is 4.74 Å². The number of methoxy groups -OCH3 is 3. The quantitative estimate of drug-likeness (QED) is 0.266. The maximum absolute atomic E-state index is 12.3. The Morgan fingerprint density at radius 2 is 1.62 bits per heavy atom. The third kappa shape index (κ3) is 3.97. The number of ether oxygens (including phenoxy) is 4. The molecule has 0 saturated carbocycles. The summed E-state index contributed by atoms with van der Waals surface area (Å²) in [6.07, 6.45) is 0. The second kappa shape index (κ2) is 8.10.